The summed E-state index contributed by atoms with van der Waals surface area (Å²) in [5, 5.41) is 1.15. The summed E-state index contributed by atoms with van der Waals surface area (Å²) < 4.78 is 5.29. The number of carbonyl (C=O) groups is 2. The van der Waals surface area contributed by atoms with E-state index in [4.69, 9.17) is 9.72 Å². The Bertz CT molecular complexity index is 1010. The molecular weight excluding hydrogens is 378 g/mol. The summed E-state index contributed by atoms with van der Waals surface area (Å²) in [6.45, 7) is 5.77. The average molecular weight is 408 g/mol. The molecule has 6 rings (SSSR count). The number of aryl methyl sites for hydroxylation is 2. The molecular formula is C24H29N3O3. The van der Waals surface area contributed by atoms with Crippen molar-refractivity contribution in [3.63, 3.8) is 0 Å². The van der Waals surface area contributed by atoms with Crippen LogP contribution in [-0.4, -0.2) is 58.6 Å². The minimum atomic E-state index is -0.236. The van der Waals surface area contributed by atoms with Crippen LogP contribution >= 0.6 is 0 Å². The highest BCUT2D eigenvalue weighted by Gasteiger charge is 2.49. The number of rotatable bonds is 3. The molecule has 1 aromatic heterocycles. The Labute approximate surface area is 177 Å². The molecule has 2 bridgehead atoms. The van der Waals surface area contributed by atoms with Crippen molar-refractivity contribution in [3.8, 4) is 0 Å². The van der Waals surface area contributed by atoms with Crippen LogP contribution in [0.25, 0.3) is 10.9 Å². The van der Waals surface area contributed by atoms with Gasteiger partial charge >= 0.3 is 6.09 Å². The molecule has 0 N–H and O–H groups in total. The molecule has 6 heteroatoms. The molecule has 3 fully saturated rings. The molecule has 6 nitrogen and oxygen atoms in total. The fourth-order valence-corrected chi connectivity index (χ4v) is 5.32. The summed E-state index contributed by atoms with van der Waals surface area (Å²) in [6.07, 6.45) is 6.10. The first-order valence-corrected chi connectivity index (χ1v) is 11.2. The van der Waals surface area contributed by atoms with Crippen molar-refractivity contribution < 1.29 is 14.3 Å². The van der Waals surface area contributed by atoms with Crippen LogP contribution in [0.1, 0.15) is 59.8 Å². The predicted octanol–water partition coefficient (Wildman–Crippen LogP) is 3.87. The maximum Gasteiger partial charge on any atom is 0.410 e. The maximum absolute atomic E-state index is 13.2. The van der Waals surface area contributed by atoms with Crippen LogP contribution in [0, 0.1) is 6.92 Å². The summed E-state index contributed by atoms with van der Waals surface area (Å²) >= 11 is 0. The number of amides is 2. The van der Waals surface area contributed by atoms with Crippen molar-refractivity contribution in [1.29, 1.82) is 0 Å². The standard InChI is InChI=1S/C24H29N3O3/c1-3-10-30-24(29)27-17-12-18(27)14-26(13-17)23(28)16-8-9-20-15(2)19-6-4-5-7-21(19)25-22(20)11-16/h8-9,11,17-18H,3-7,10,12-14H2,1-2H3. The number of pyridine rings is 1. The molecule has 2 atom stereocenters. The van der Waals surface area contributed by atoms with Crippen LogP contribution in [0.3, 0.4) is 0 Å². The van der Waals surface area contributed by atoms with Gasteiger partial charge in [-0.2, -0.15) is 0 Å². The van der Waals surface area contributed by atoms with E-state index in [0.29, 0.717) is 25.3 Å². The third-order valence-corrected chi connectivity index (χ3v) is 6.92. The van der Waals surface area contributed by atoms with E-state index in [9.17, 15) is 9.59 Å². The lowest BCUT2D eigenvalue weighted by Gasteiger charge is -2.55. The molecule has 2 unspecified atom stereocenters. The highest BCUT2D eigenvalue weighted by molar-refractivity contribution is 5.98. The number of benzene rings is 1. The van der Waals surface area contributed by atoms with E-state index in [1.54, 1.807) is 0 Å². The number of piperidine rings is 1. The first-order chi connectivity index (χ1) is 14.6. The topological polar surface area (TPSA) is 62.7 Å². The van der Waals surface area contributed by atoms with Crippen molar-refractivity contribution >= 4 is 22.9 Å². The summed E-state index contributed by atoms with van der Waals surface area (Å²) in [4.78, 5) is 34.0. The Balaban J connectivity index is 1.34. The molecule has 4 heterocycles. The number of carbonyl (C=O) groups excluding carboxylic acids is 2. The third kappa shape index (κ3) is 3.13. The summed E-state index contributed by atoms with van der Waals surface area (Å²) in [7, 11) is 0. The van der Waals surface area contributed by atoms with Gasteiger partial charge in [-0.1, -0.05) is 13.0 Å². The summed E-state index contributed by atoms with van der Waals surface area (Å²) in [5.41, 5.74) is 5.53. The van der Waals surface area contributed by atoms with Gasteiger partial charge < -0.3 is 9.64 Å². The third-order valence-electron chi connectivity index (χ3n) is 6.92. The minimum Gasteiger partial charge on any atom is -0.449 e. The molecule has 1 aliphatic carbocycles. The highest BCUT2D eigenvalue weighted by atomic mass is 16.6. The Morgan fingerprint density at radius 2 is 1.93 bits per heavy atom. The zero-order valence-corrected chi connectivity index (χ0v) is 17.8. The second kappa shape index (κ2) is 7.56. The Hall–Kier alpha value is -2.63. The van der Waals surface area contributed by atoms with Crippen molar-refractivity contribution in [3.05, 3.63) is 40.6 Å². The number of ether oxygens (including phenoxy) is 1. The zero-order chi connectivity index (χ0) is 20.8. The van der Waals surface area contributed by atoms with Crippen molar-refractivity contribution in [2.75, 3.05) is 19.7 Å². The smallest absolute Gasteiger partial charge is 0.410 e. The predicted molar refractivity (Wildman–Crippen MR) is 115 cm³/mol. The highest BCUT2D eigenvalue weighted by Crippen LogP contribution is 2.34. The number of aromatic nitrogens is 1. The van der Waals surface area contributed by atoms with Gasteiger partial charge in [-0.25, -0.2) is 4.79 Å². The van der Waals surface area contributed by atoms with Gasteiger partial charge in [-0.15, -0.1) is 0 Å². The number of hydrogen-bond acceptors (Lipinski definition) is 4. The van der Waals surface area contributed by atoms with Gasteiger partial charge in [0.05, 0.1) is 24.2 Å². The number of piperazine rings is 1. The molecule has 1 aromatic carbocycles. The zero-order valence-electron chi connectivity index (χ0n) is 17.8. The Morgan fingerprint density at radius 1 is 1.17 bits per heavy atom. The van der Waals surface area contributed by atoms with E-state index in [0.717, 1.165) is 36.6 Å². The van der Waals surface area contributed by atoms with E-state index in [2.05, 4.69) is 13.0 Å². The molecule has 2 amide bonds. The Kier molecular flexibility index (Phi) is 4.88. The molecule has 0 spiro atoms. The van der Waals surface area contributed by atoms with Crippen LogP contribution in [0.2, 0.25) is 0 Å². The van der Waals surface area contributed by atoms with Crippen LogP contribution in [-0.2, 0) is 17.6 Å². The fraction of sp³-hybridized carbons (Fsp3) is 0.542. The molecule has 0 saturated carbocycles. The fourth-order valence-electron chi connectivity index (χ4n) is 5.32. The monoisotopic (exact) mass is 407 g/mol. The van der Waals surface area contributed by atoms with Crippen LogP contribution in [0.5, 0.6) is 0 Å². The lowest BCUT2D eigenvalue weighted by atomic mass is 9.87. The average Bonchev–Trinajstić information content (AvgIpc) is 2.77. The first-order valence-electron chi connectivity index (χ1n) is 11.2. The van der Waals surface area contributed by atoms with Crippen LogP contribution < -0.4 is 0 Å². The van der Waals surface area contributed by atoms with E-state index >= 15 is 0 Å². The van der Waals surface area contributed by atoms with Gasteiger partial charge in [-0.3, -0.25) is 14.7 Å². The maximum atomic E-state index is 13.2. The van der Waals surface area contributed by atoms with Gasteiger partial charge in [0.1, 0.15) is 0 Å². The first kappa shape index (κ1) is 19.3. The van der Waals surface area contributed by atoms with Crippen LogP contribution in [0.15, 0.2) is 18.2 Å². The molecule has 0 radical (unpaired) electrons. The summed E-state index contributed by atoms with van der Waals surface area (Å²) in [5.74, 6) is 0.0327. The van der Waals surface area contributed by atoms with E-state index in [-0.39, 0.29) is 24.1 Å². The molecule has 158 valence electrons. The molecule has 4 aliphatic rings. The SMILES string of the molecule is CCCOC(=O)N1C2CC1CN(C(=O)c1ccc3c(C)c4c(nc3c1)CCCC4)C2. The normalized spacial score (nSPS) is 22.5. The van der Waals surface area contributed by atoms with Gasteiger partial charge in [0.15, 0.2) is 0 Å². The van der Waals surface area contributed by atoms with E-state index in [1.165, 1.54) is 29.7 Å². The summed E-state index contributed by atoms with van der Waals surface area (Å²) in [6, 6.07) is 6.09. The van der Waals surface area contributed by atoms with Crippen molar-refractivity contribution in [2.45, 2.75) is 64.5 Å². The van der Waals surface area contributed by atoms with Crippen molar-refractivity contribution in [1.82, 2.24) is 14.8 Å². The number of hydrogen-bond donors (Lipinski definition) is 0. The quantitative estimate of drug-likeness (QED) is 0.775. The second-order valence-electron chi connectivity index (χ2n) is 8.88. The van der Waals surface area contributed by atoms with Crippen LogP contribution in [0.4, 0.5) is 4.79 Å². The lowest BCUT2D eigenvalue weighted by Crippen LogP contribution is -2.70. The largest absolute Gasteiger partial charge is 0.449 e. The minimum absolute atomic E-state index is 0.0327. The van der Waals surface area contributed by atoms with Gasteiger partial charge in [0.2, 0.25) is 0 Å². The molecule has 3 aliphatic heterocycles. The number of fused-ring (bicyclic) bond motifs is 4. The van der Waals surface area contributed by atoms with E-state index < -0.39 is 0 Å². The molecule has 30 heavy (non-hydrogen) atoms. The molecule has 3 saturated heterocycles. The van der Waals surface area contributed by atoms with Gasteiger partial charge in [0.25, 0.3) is 5.91 Å². The Morgan fingerprint density at radius 3 is 2.70 bits per heavy atom. The lowest BCUT2D eigenvalue weighted by molar-refractivity contribution is -0.0507. The van der Waals surface area contributed by atoms with Crippen molar-refractivity contribution in [2.24, 2.45) is 0 Å². The van der Waals surface area contributed by atoms with Gasteiger partial charge in [-0.05, 0) is 68.7 Å². The second-order valence-corrected chi connectivity index (χ2v) is 8.88. The van der Waals surface area contributed by atoms with E-state index in [1.807, 2.05) is 28.9 Å². The molecule has 2 aromatic rings. The van der Waals surface area contributed by atoms with Gasteiger partial charge in [0, 0.05) is 29.7 Å². The number of nitrogens with zero attached hydrogens (tertiary/aromatic N) is 3.